The van der Waals surface area contributed by atoms with Gasteiger partial charge >= 0.3 is 0 Å². The molecule has 0 aliphatic rings. The first kappa shape index (κ1) is 9.24. The molecule has 0 fully saturated rings. The van der Waals surface area contributed by atoms with Crippen LogP contribution < -0.4 is 11.1 Å². The number of nitrogens with zero attached hydrogens (tertiary/aromatic N) is 1. The number of rotatable bonds is 3. The molecule has 0 unspecified atom stereocenters. The molecule has 2 rings (SSSR count). The molecule has 74 valence electrons. The molecule has 1 heterocycles. The van der Waals surface area contributed by atoms with E-state index in [2.05, 4.69) is 47.4 Å². The number of aryl methyl sites for hydroxylation is 1. The fourth-order valence-electron chi connectivity index (χ4n) is 1.77. The summed E-state index contributed by atoms with van der Waals surface area (Å²) in [4.78, 5) is 0. The summed E-state index contributed by atoms with van der Waals surface area (Å²) in [6.07, 6.45) is 2.15. The molecule has 0 aliphatic carbocycles. The quantitative estimate of drug-likeness (QED) is 0.712. The maximum Gasteiger partial charge on any atom is 0.0481 e. The van der Waals surface area contributed by atoms with Gasteiger partial charge in [-0.2, -0.15) is 0 Å². The molecule has 3 N–H and O–H groups in total. The Labute approximate surface area is 83.5 Å². The van der Waals surface area contributed by atoms with Gasteiger partial charge in [0.2, 0.25) is 0 Å². The second-order valence-corrected chi connectivity index (χ2v) is 3.41. The SMILES string of the molecule is Cn1cc(CNCN)c2ccccc21. The van der Waals surface area contributed by atoms with Gasteiger partial charge in [0.05, 0.1) is 0 Å². The first-order valence-corrected chi connectivity index (χ1v) is 4.76. The maximum absolute atomic E-state index is 5.41. The van der Waals surface area contributed by atoms with Crippen LogP contribution in [0.1, 0.15) is 5.56 Å². The van der Waals surface area contributed by atoms with Crippen LogP contribution in [0.3, 0.4) is 0 Å². The number of nitrogens with two attached hydrogens (primary N) is 1. The Morgan fingerprint density at radius 1 is 1.36 bits per heavy atom. The van der Waals surface area contributed by atoms with Crippen molar-refractivity contribution in [3.8, 4) is 0 Å². The lowest BCUT2D eigenvalue weighted by Crippen LogP contribution is -2.21. The molecule has 0 radical (unpaired) electrons. The third-order valence-corrected chi connectivity index (χ3v) is 2.44. The van der Waals surface area contributed by atoms with E-state index in [1.165, 1.54) is 16.5 Å². The van der Waals surface area contributed by atoms with Crippen LogP contribution >= 0.6 is 0 Å². The number of fused-ring (bicyclic) bond motifs is 1. The third kappa shape index (κ3) is 1.52. The van der Waals surface area contributed by atoms with E-state index in [0.29, 0.717) is 6.67 Å². The van der Waals surface area contributed by atoms with Crippen molar-refractivity contribution in [2.24, 2.45) is 12.8 Å². The van der Waals surface area contributed by atoms with Crippen molar-refractivity contribution >= 4 is 10.9 Å². The zero-order valence-electron chi connectivity index (χ0n) is 8.33. The van der Waals surface area contributed by atoms with Crippen molar-refractivity contribution in [1.29, 1.82) is 0 Å². The number of nitrogens with one attached hydrogen (secondary N) is 1. The van der Waals surface area contributed by atoms with Gasteiger partial charge in [-0.1, -0.05) is 18.2 Å². The van der Waals surface area contributed by atoms with E-state index in [1.54, 1.807) is 0 Å². The van der Waals surface area contributed by atoms with Gasteiger partial charge in [0.1, 0.15) is 0 Å². The smallest absolute Gasteiger partial charge is 0.0481 e. The number of hydrogen-bond donors (Lipinski definition) is 2. The molecule has 3 nitrogen and oxygen atoms in total. The molecular formula is C11H15N3. The summed E-state index contributed by atoms with van der Waals surface area (Å²) in [6.45, 7) is 1.35. The average Bonchev–Trinajstić information content (AvgIpc) is 2.54. The molecule has 0 saturated heterocycles. The highest BCUT2D eigenvalue weighted by atomic mass is 15.0. The summed E-state index contributed by atoms with van der Waals surface area (Å²) >= 11 is 0. The lowest BCUT2D eigenvalue weighted by Gasteiger charge is -1.98. The molecular weight excluding hydrogens is 174 g/mol. The standard InChI is InChI=1S/C11H15N3/c1-14-7-9(6-13-8-12)10-4-2-3-5-11(10)14/h2-5,7,13H,6,8,12H2,1H3. The van der Waals surface area contributed by atoms with Crippen LogP contribution in [0.5, 0.6) is 0 Å². The monoisotopic (exact) mass is 189 g/mol. The number of benzene rings is 1. The molecule has 0 atom stereocenters. The Bertz CT molecular complexity index is 431. The van der Waals surface area contributed by atoms with Crippen LogP contribution in [0, 0.1) is 0 Å². The summed E-state index contributed by atoms with van der Waals surface area (Å²) in [5, 5.41) is 4.44. The third-order valence-electron chi connectivity index (χ3n) is 2.44. The molecule has 14 heavy (non-hydrogen) atoms. The van der Waals surface area contributed by atoms with E-state index in [4.69, 9.17) is 5.73 Å². The topological polar surface area (TPSA) is 43.0 Å². The average molecular weight is 189 g/mol. The fourth-order valence-corrected chi connectivity index (χ4v) is 1.77. The summed E-state index contributed by atoms with van der Waals surface area (Å²) in [5.74, 6) is 0. The predicted molar refractivity (Wildman–Crippen MR) is 58.8 cm³/mol. The van der Waals surface area contributed by atoms with Crippen LogP contribution in [0.2, 0.25) is 0 Å². The van der Waals surface area contributed by atoms with Crippen molar-refractivity contribution < 1.29 is 0 Å². The van der Waals surface area contributed by atoms with Crippen LogP contribution in [-0.4, -0.2) is 11.2 Å². The van der Waals surface area contributed by atoms with Crippen LogP contribution in [0.4, 0.5) is 0 Å². The highest BCUT2D eigenvalue weighted by Crippen LogP contribution is 2.19. The van der Waals surface area contributed by atoms with Gasteiger partial charge in [0.25, 0.3) is 0 Å². The van der Waals surface area contributed by atoms with Gasteiger partial charge in [0, 0.05) is 37.4 Å². The van der Waals surface area contributed by atoms with Gasteiger partial charge in [-0.3, -0.25) is 0 Å². The molecule has 0 spiro atoms. The van der Waals surface area contributed by atoms with Crippen molar-refractivity contribution in [3.05, 3.63) is 36.0 Å². The Kier molecular flexibility index (Phi) is 2.52. The normalized spacial score (nSPS) is 11.0. The van der Waals surface area contributed by atoms with Gasteiger partial charge in [-0.05, 0) is 11.6 Å². The molecule has 0 saturated carbocycles. The van der Waals surface area contributed by atoms with E-state index in [-0.39, 0.29) is 0 Å². The Morgan fingerprint density at radius 3 is 2.93 bits per heavy atom. The maximum atomic E-state index is 5.41. The second kappa shape index (κ2) is 3.82. The molecule has 0 aliphatic heterocycles. The minimum atomic E-state index is 0.517. The number of aromatic nitrogens is 1. The molecule has 2 aromatic rings. The second-order valence-electron chi connectivity index (χ2n) is 3.41. The van der Waals surface area contributed by atoms with Crippen LogP contribution in [0.25, 0.3) is 10.9 Å². The van der Waals surface area contributed by atoms with E-state index in [9.17, 15) is 0 Å². The molecule has 0 bridgehead atoms. The van der Waals surface area contributed by atoms with Gasteiger partial charge in [-0.25, -0.2) is 0 Å². The Hall–Kier alpha value is -1.32. The highest BCUT2D eigenvalue weighted by molar-refractivity contribution is 5.83. The summed E-state index contributed by atoms with van der Waals surface area (Å²) in [6, 6.07) is 8.39. The lowest BCUT2D eigenvalue weighted by atomic mass is 10.2. The predicted octanol–water partition coefficient (Wildman–Crippen LogP) is 1.18. The van der Waals surface area contributed by atoms with Crippen molar-refractivity contribution in [1.82, 2.24) is 9.88 Å². The van der Waals surface area contributed by atoms with E-state index < -0.39 is 0 Å². The fraction of sp³-hybridized carbons (Fsp3) is 0.273. The van der Waals surface area contributed by atoms with Crippen molar-refractivity contribution in [2.75, 3.05) is 6.67 Å². The van der Waals surface area contributed by atoms with Gasteiger partial charge in [-0.15, -0.1) is 0 Å². The van der Waals surface area contributed by atoms with E-state index >= 15 is 0 Å². The zero-order chi connectivity index (χ0) is 9.97. The first-order chi connectivity index (χ1) is 6.83. The summed E-state index contributed by atoms with van der Waals surface area (Å²) in [5.41, 5.74) is 7.97. The Morgan fingerprint density at radius 2 is 2.14 bits per heavy atom. The highest BCUT2D eigenvalue weighted by Gasteiger charge is 2.03. The molecule has 0 amide bonds. The van der Waals surface area contributed by atoms with Crippen LogP contribution in [0.15, 0.2) is 30.5 Å². The first-order valence-electron chi connectivity index (χ1n) is 4.76. The zero-order valence-corrected chi connectivity index (χ0v) is 8.33. The van der Waals surface area contributed by atoms with E-state index in [0.717, 1.165) is 6.54 Å². The molecule has 1 aromatic heterocycles. The van der Waals surface area contributed by atoms with Gasteiger partial charge in [0.15, 0.2) is 0 Å². The molecule has 1 aromatic carbocycles. The largest absolute Gasteiger partial charge is 0.350 e. The van der Waals surface area contributed by atoms with Gasteiger partial charge < -0.3 is 15.6 Å². The lowest BCUT2D eigenvalue weighted by molar-refractivity contribution is 0.710. The minimum absolute atomic E-state index is 0.517. The summed E-state index contributed by atoms with van der Waals surface area (Å²) < 4.78 is 2.14. The van der Waals surface area contributed by atoms with Crippen LogP contribution in [-0.2, 0) is 13.6 Å². The summed E-state index contributed by atoms with van der Waals surface area (Å²) in [7, 11) is 2.06. The van der Waals surface area contributed by atoms with Crippen molar-refractivity contribution in [2.45, 2.75) is 6.54 Å². The number of para-hydroxylation sites is 1. The Balaban J connectivity index is 2.44. The number of hydrogen-bond acceptors (Lipinski definition) is 2. The van der Waals surface area contributed by atoms with E-state index in [1.807, 2.05) is 0 Å². The molecule has 3 heteroatoms. The van der Waals surface area contributed by atoms with Crippen molar-refractivity contribution in [3.63, 3.8) is 0 Å². The minimum Gasteiger partial charge on any atom is -0.350 e.